The molecule has 0 aliphatic heterocycles. The van der Waals surface area contributed by atoms with Crippen LogP contribution in [0.3, 0.4) is 0 Å². The Balaban J connectivity index is 3.21. The minimum atomic E-state index is -1.07. The Morgan fingerprint density at radius 1 is 1.43 bits per heavy atom. The first-order valence-corrected chi connectivity index (χ1v) is 7.57. The van der Waals surface area contributed by atoms with Crippen molar-refractivity contribution in [3.05, 3.63) is 38.1 Å². The number of hydrogen-bond donors (Lipinski definition) is 1. The Bertz CT molecular complexity index is 636. The molecule has 0 aliphatic carbocycles. The molecule has 23 heavy (non-hydrogen) atoms. The molecule has 1 aromatic rings. The van der Waals surface area contributed by atoms with Gasteiger partial charge in [0.1, 0.15) is 10.3 Å². The highest BCUT2D eigenvalue weighted by molar-refractivity contribution is 9.10. The maximum Gasteiger partial charge on any atom is 0.305 e. The topological polar surface area (TPSA) is 101 Å². The number of aliphatic carboxylic acids is 1. The van der Waals surface area contributed by atoms with Gasteiger partial charge in [0.25, 0.3) is 11.6 Å². The lowest BCUT2D eigenvalue weighted by atomic mass is 10.1. The number of nitrogens with zero attached hydrogens (tertiary/aromatic N) is 2. The summed E-state index contributed by atoms with van der Waals surface area (Å²) in [4.78, 5) is 34.6. The van der Waals surface area contributed by atoms with Gasteiger partial charge in [-0.2, -0.15) is 0 Å². The lowest BCUT2D eigenvalue weighted by molar-refractivity contribution is -0.385. The summed E-state index contributed by atoms with van der Waals surface area (Å²) in [5, 5.41) is 19.7. The number of nitro groups is 1. The molecule has 7 nitrogen and oxygen atoms in total. The highest BCUT2D eigenvalue weighted by atomic mass is 79.9. The van der Waals surface area contributed by atoms with Crippen molar-refractivity contribution in [3.63, 3.8) is 0 Å². The fraction of sp³-hybridized carbons (Fsp3) is 0.429. The van der Waals surface area contributed by atoms with Gasteiger partial charge >= 0.3 is 5.97 Å². The lowest BCUT2D eigenvalue weighted by Gasteiger charge is -2.24. The molecular weight excluding hydrogens is 375 g/mol. The van der Waals surface area contributed by atoms with E-state index in [1.807, 2.05) is 13.8 Å². The van der Waals surface area contributed by atoms with Crippen molar-refractivity contribution in [1.82, 2.24) is 4.90 Å². The largest absolute Gasteiger partial charge is 0.481 e. The van der Waals surface area contributed by atoms with Gasteiger partial charge in [-0.15, -0.1) is 0 Å². The van der Waals surface area contributed by atoms with Crippen molar-refractivity contribution >= 4 is 33.5 Å². The first-order valence-electron chi connectivity index (χ1n) is 6.78. The van der Waals surface area contributed by atoms with Gasteiger partial charge in [-0.05, 0) is 27.9 Å². The Hall–Kier alpha value is -2.03. The second kappa shape index (κ2) is 8.00. The molecule has 0 radical (unpaired) electrons. The normalized spacial score (nSPS) is 10.7. The number of carboxylic acids is 1. The average Bonchev–Trinajstić information content (AvgIpc) is 2.43. The third-order valence-corrected chi connectivity index (χ3v) is 3.75. The van der Waals surface area contributed by atoms with E-state index in [-0.39, 0.29) is 35.5 Å². The molecule has 1 N–H and O–H groups in total. The van der Waals surface area contributed by atoms with Crippen LogP contribution < -0.4 is 0 Å². The van der Waals surface area contributed by atoms with Gasteiger partial charge in [0.05, 0.1) is 23.0 Å². The van der Waals surface area contributed by atoms with Gasteiger partial charge in [-0.25, -0.2) is 4.39 Å². The molecule has 0 bridgehead atoms. The van der Waals surface area contributed by atoms with E-state index in [2.05, 4.69) is 15.9 Å². The van der Waals surface area contributed by atoms with E-state index < -0.39 is 28.3 Å². The zero-order chi connectivity index (χ0) is 17.7. The number of benzene rings is 1. The van der Waals surface area contributed by atoms with E-state index in [4.69, 9.17) is 5.11 Å². The highest BCUT2D eigenvalue weighted by Gasteiger charge is 2.26. The minimum Gasteiger partial charge on any atom is -0.481 e. The number of carbonyl (C=O) groups excluding carboxylic acids is 1. The summed E-state index contributed by atoms with van der Waals surface area (Å²) in [6.45, 7) is 3.86. The molecule has 1 aromatic carbocycles. The van der Waals surface area contributed by atoms with Crippen LogP contribution in [0.1, 0.15) is 30.6 Å². The second-order valence-electron chi connectivity index (χ2n) is 5.33. The van der Waals surface area contributed by atoms with Crippen LogP contribution in [0.2, 0.25) is 0 Å². The lowest BCUT2D eigenvalue weighted by Crippen LogP contribution is -2.36. The molecule has 0 saturated carbocycles. The maximum absolute atomic E-state index is 13.6. The van der Waals surface area contributed by atoms with E-state index in [1.165, 1.54) is 4.90 Å². The first-order chi connectivity index (χ1) is 10.6. The Morgan fingerprint density at radius 2 is 2.04 bits per heavy atom. The third kappa shape index (κ3) is 5.27. The quantitative estimate of drug-likeness (QED) is 0.569. The molecule has 0 unspecified atom stereocenters. The van der Waals surface area contributed by atoms with Crippen molar-refractivity contribution in [2.45, 2.75) is 20.3 Å². The van der Waals surface area contributed by atoms with E-state index >= 15 is 0 Å². The maximum atomic E-state index is 13.6. The Labute approximate surface area is 140 Å². The molecule has 0 aromatic heterocycles. The second-order valence-corrected chi connectivity index (χ2v) is 6.13. The van der Waals surface area contributed by atoms with Crippen LogP contribution >= 0.6 is 15.9 Å². The van der Waals surface area contributed by atoms with Gasteiger partial charge in [0, 0.05) is 13.1 Å². The number of nitro benzene ring substituents is 1. The van der Waals surface area contributed by atoms with Crippen LogP contribution in [0, 0.1) is 21.8 Å². The number of halogens is 2. The smallest absolute Gasteiger partial charge is 0.305 e. The van der Waals surface area contributed by atoms with E-state index in [0.29, 0.717) is 6.07 Å². The van der Waals surface area contributed by atoms with E-state index in [0.717, 1.165) is 6.07 Å². The molecular formula is C14H16BrFN2O5. The average molecular weight is 391 g/mol. The molecule has 9 heteroatoms. The van der Waals surface area contributed by atoms with Crippen LogP contribution in [0.5, 0.6) is 0 Å². The van der Waals surface area contributed by atoms with Crippen LogP contribution in [-0.4, -0.2) is 39.9 Å². The first kappa shape index (κ1) is 19.0. The van der Waals surface area contributed by atoms with Crippen LogP contribution in [-0.2, 0) is 4.79 Å². The van der Waals surface area contributed by atoms with Crippen molar-refractivity contribution in [1.29, 1.82) is 0 Å². The molecule has 126 valence electrons. The molecule has 0 heterocycles. The number of carbonyl (C=O) groups is 2. The molecule has 1 amide bonds. The van der Waals surface area contributed by atoms with Crippen molar-refractivity contribution < 1.29 is 24.0 Å². The van der Waals surface area contributed by atoms with E-state index in [9.17, 15) is 24.1 Å². The summed E-state index contributed by atoms with van der Waals surface area (Å²) in [6.07, 6.45) is -0.270. The molecule has 0 spiro atoms. The van der Waals surface area contributed by atoms with Gasteiger partial charge < -0.3 is 10.0 Å². The monoisotopic (exact) mass is 390 g/mol. The van der Waals surface area contributed by atoms with E-state index in [1.54, 1.807) is 0 Å². The van der Waals surface area contributed by atoms with Gasteiger partial charge in [0.15, 0.2) is 0 Å². The minimum absolute atomic E-state index is 0.0510. The number of carboxylic acid groups (broad SMARTS) is 1. The summed E-state index contributed by atoms with van der Waals surface area (Å²) < 4.78 is 13.5. The van der Waals surface area contributed by atoms with Crippen LogP contribution in [0.4, 0.5) is 10.1 Å². The van der Waals surface area contributed by atoms with Crippen LogP contribution in [0.25, 0.3) is 0 Å². The molecule has 0 atom stereocenters. The number of hydrogen-bond acceptors (Lipinski definition) is 4. The standard InChI is InChI=1S/C14H16BrFN2O5/c1-8(2)7-17(4-3-12(19)20)14(21)10-5-9(16)6-11(13(10)15)18(22)23/h5-6,8H,3-4,7H2,1-2H3,(H,19,20). The third-order valence-electron chi connectivity index (χ3n) is 2.91. The van der Waals surface area contributed by atoms with Gasteiger partial charge in [-0.1, -0.05) is 13.8 Å². The van der Waals surface area contributed by atoms with Crippen molar-refractivity contribution in [2.75, 3.05) is 13.1 Å². The Kier molecular flexibility index (Phi) is 6.62. The fourth-order valence-corrected chi connectivity index (χ4v) is 2.52. The van der Waals surface area contributed by atoms with Crippen molar-refractivity contribution in [2.24, 2.45) is 5.92 Å². The molecule has 1 rings (SSSR count). The van der Waals surface area contributed by atoms with Crippen molar-refractivity contribution in [3.8, 4) is 0 Å². The summed E-state index contributed by atoms with van der Waals surface area (Å²) in [5.41, 5.74) is -0.765. The predicted octanol–water partition coefficient (Wildman–Crippen LogP) is 3.07. The predicted molar refractivity (Wildman–Crippen MR) is 83.7 cm³/mol. The molecule has 0 saturated heterocycles. The zero-order valence-corrected chi connectivity index (χ0v) is 14.2. The molecule has 0 aliphatic rings. The number of rotatable bonds is 7. The fourth-order valence-electron chi connectivity index (χ4n) is 1.98. The van der Waals surface area contributed by atoms with Crippen LogP contribution in [0.15, 0.2) is 16.6 Å². The highest BCUT2D eigenvalue weighted by Crippen LogP contribution is 2.30. The summed E-state index contributed by atoms with van der Waals surface area (Å²) >= 11 is 2.96. The summed E-state index contributed by atoms with van der Waals surface area (Å²) in [6, 6.07) is 1.61. The van der Waals surface area contributed by atoms with Gasteiger partial charge in [-0.3, -0.25) is 19.7 Å². The molecule has 0 fully saturated rings. The summed E-state index contributed by atoms with van der Waals surface area (Å²) in [7, 11) is 0. The number of amides is 1. The SMILES string of the molecule is CC(C)CN(CCC(=O)O)C(=O)c1cc(F)cc([N+](=O)[O-])c1Br. The zero-order valence-electron chi connectivity index (χ0n) is 12.6. The summed E-state index contributed by atoms with van der Waals surface area (Å²) in [5.74, 6) is -2.59. The van der Waals surface area contributed by atoms with Gasteiger partial charge in [0.2, 0.25) is 0 Å². The Morgan fingerprint density at radius 3 is 2.52 bits per heavy atom.